The fourth-order valence-electron chi connectivity index (χ4n) is 3.71. The SMILES string of the molecule is O=C(NC1CCN(C2CCCC2)CC1)C1COCCN1. The first-order valence-corrected chi connectivity index (χ1v) is 8.18. The summed E-state index contributed by atoms with van der Waals surface area (Å²) in [6.45, 7) is 4.28. The summed E-state index contributed by atoms with van der Waals surface area (Å²) >= 11 is 0. The average Bonchev–Trinajstić information content (AvgIpc) is 3.03. The standard InChI is InChI=1S/C15H27N3O2/c19-15(14-11-20-10-7-16-14)17-12-5-8-18(9-6-12)13-3-1-2-4-13/h12-14,16H,1-11H2,(H,17,19). The molecular formula is C15H27N3O2. The van der Waals surface area contributed by atoms with Crippen molar-refractivity contribution in [1.82, 2.24) is 15.5 Å². The maximum atomic E-state index is 12.1. The zero-order valence-electron chi connectivity index (χ0n) is 12.3. The van der Waals surface area contributed by atoms with Crippen molar-refractivity contribution < 1.29 is 9.53 Å². The molecule has 0 bridgehead atoms. The molecule has 3 fully saturated rings. The summed E-state index contributed by atoms with van der Waals surface area (Å²) in [6.07, 6.45) is 7.73. The van der Waals surface area contributed by atoms with Crippen molar-refractivity contribution in [2.24, 2.45) is 0 Å². The number of hydrogen-bond acceptors (Lipinski definition) is 4. The third-order valence-electron chi connectivity index (χ3n) is 4.96. The third kappa shape index (κ3) is 3.51. The Hall–Kier alpha value is -0.650. The van der Waals surface area contributed by atoms with Crippen LogP contribution in [0.3, 0.4) is 0 Å². The zero-order valence-corrected chi connectivity index (χ0v) is 12.3. The fraction of sp³-hybridized carbons (Fsp3) is 0.933. The highest BCUT2D eigenvalue weighted by Crippen LogP contribution is 2.26. The number of nitrogens with zero attached hydrogens (tertiary/aromatic N) is 1. The molecule has 2 heterocycles. The molecule has 0 spiro atoms. The smallest absolute Gasteiger partial charge is 0.239 e. The van der Waals surface area contributed by atoms with Gasteiger partial charge in [0.2, 0.25) is 5.91 Å². The van der Waals surface area contributed by atoms with E-state index in [2.05, 4.69) is 15.5 Å². The molecule has 1 amide bonds. The summed E-state index contributed by atoms with van der Waals surface area (Å²) in [5, 5.41) is 6.41. The van der Waals surface area contributed by atoms with Gasteiger partial charge in [0.15, 0.2) is 0 Å². The first kappa shape index (κ1) is 14.3. The number of carbonyl (C=O) groups is 1. The van der Waals surface area contributed by atoms with E-state index in [1.807, 2.05) is 0 Å². The Balaban J connectivity index is 1.40. The van der Waals surface area contributed by atoms with Crippen molar-refractivity contribution in [1.29, 1.82) is 0 Å². The Kier molecular flexibility index (Phi) is 4.91. The Labute approximate surface area is 121 Å². The van der Waals surface area contributed by atoms with Gasteiger partial charge in [0.1, 0.15) is 6.04 Å². The Morgan fingerprint density at radius 2 is 1.90 bits per heavy atom. The van der Waals surface area contributed by atoms with E-state index in [4.69, 9.17) is 4.74 Å². The molecule has 2 aliphatic heterocycles. The molecule has 5 nitrogen and oxygen atoms in total. The van der Waals surface area contributed by atoms with Crippen LogP contribution in [0.25, 0.3) is 0 Å². The largest absolute Gasteiger partial charge is 0.378 e. The lowest BCUT2D eigenvalue weighted by molar-refractivity contribution is -0.127. The maximum Gasteiger partial charge on any atom is 0.239 e. The second-order valence-electron chi connectivity index (χ2n) is 6.34. The molecule has 3 aliphatic rings. The molecular weight excluding hydrogens is 254 g/mol. The van der Waals surface area contributed by atoms with Crippen LogP contribution < -0.4 is 10.6 Å². The van der Waals surface area contributed by atoms with Gasteiger partial charge in [-0.25, -0.2) is 0 Å². The average molecular weight is 281 g/mol. The van der Waals surface area contributed by atoms with Crippen LogP contribution in [0.5, 0.6) is 0 Å². The lowest BCUT2D eigenvalue weighted by Crippen LogP contribution is -2.55. The number of rotatable bonds is 3. The van der Waals surface area contributed by atoms with Crippen LogP contribution in [-0.2, 0) is 9.53 Å². The normalized spacial score (nSPS) is 30.5. The molecule has 5 heteroatoms. The number of amides is 1. The summed E-state index contributed by atoms with van der Waals surface area (Å²) in [6, 6.07) is 1.01. The topological polar surface area (TPSA) is 53.6 Å². The molecule has 1 unspecified atom stereocenters. The predicted molar refractivity (Wildman–Crippen MR) is 77.6 cm³/mol. The van der Waals surface area contributed by atoms with E-state index in [0.717, 1.165) is 38.5 Å². The quantitative estimate of drug-likeness (QED) is 0.791. The van der Waals surface area contributed by atoms with Gasteiger partial charge in [0.05, 0.1) is 13.2 Å². The molecule has 20 heavy (non-hydrogen) atoms. The summed E-state index contributed by atoms with van der Waals surface area (Å²) in [5.74, 6) is 0.115. The van der Waals surface area contributed by atoms with Crippen molar-refractivity contribution >= 4 is 5.91 Å². The van der Waals surface area contributed by atoms with Crippen LogP contribution in [-0.4, -0.2) is 61.8 Å². The fourth-order valence-corrected chi connectivity index (χ4v) is 3.71. The number of nitrogens with one attached hydrogen (secondary N) is 2. The number of piperidine rings is 1. The minimum absolute atomic E-state index is 0.115. The summed E-state index contributed by atoms with van der Waals surface area (Å²) in [4.78, 5) is 14.8. The van der Waals surface area contributed by atoms with Gasteiger partial charge in [-0.2, -0.15) is 0 Å². The van der Waals surface area contributed by atoms with E-state index in [9.17, 15) is 4.79 Å². The van der Waals surface area contributed by atoms with Crippen LogP contribution in [0, 0.1) is 0 Å². The molecule has 3 rings (SSSR count). The van der Waals surface area contributed by atoms with Crippen molar-refractivity contribution in [2.45, 2.75) is 56.7 Å². The first-order valence-electron chi connectivity index (χ1n) is 8.18. The lowest BCUT2D eigenvalue weighted by atomic mass is 10.0. The van der Waals surface area contributed by atoms with Gasteiger partial charge in [0, 0.05) is 31.7 Å². The number of hydrogen-bond donors (Lipinski definition) is 2. The highest BCUT2D eigenvalue weighted by Gasteiger charge is 2.29. The van der Waals surface area contributed by atoms with Gasteiger partial charge in [-0.15, -0.1) is 0 Å². The van der Waals surface area contributed by atoms with Crippen molar-refractivity contribution in [3.05, 3.63) is 0 Å². The van der Waals surface area contributed by atoms with Gasteiger partial charge in [-0.1, -0.05) is 12.8 Å². The van der Waals surface area contributed by atoms with E-state index in [-0.39, 0.29) is 11.9 Å². The summed E-state index contributed by atoms with van der Waals surface area (Å²) < 4.78 is 5.35. The highest BCUT2D eigenvalue weighted by molar-refractivity contribution is 5.82. The highest BCUT2D eigenvalue weighted by atomic mass is 16.5. The Morgan fingerprint density at radius 1 is 1.15 bits per heavy atom. The summed E-state index contributed by atoms with van der Waals surface area (Å²) in [7, 11) is 0. The zero-order chi connectivity index (χ0) is 13.8. The van der Waals surface area contributed by atoms with Gasteiger partial charge in [0.25, 0.3) is 0 Å². The monoisotopic (exact) mass is 281 g/mol. The van der Waals surface area contributed by atoms with Crippen molar-refractivity contribution in [2.75, 3.05) is 32.8 Å². The number of carbonyl (C=O) groups excluding carboxylic acids is 1. The lowest BCUT2D eigenvalue weighted by Gasteiger charge is -2.36. The minimum atomic E-state index is -0.156. The van der Waals surface area contributed by atoms with E-state index in [0.29, 0.717) is 19.3 Å². The Bertz CT molecular complexity index is 317. The van der Waals surface area contributed by atoms with Gasteiger partial charge in [-0.3, -0.25) is 4.79 Å². The van der Waals surface area contributed by atoms with E-state index < -0.39 is 0 Å². The third-order valence-corrected chi connectivity index (χ3v) is 4.96. The predicted octanol–water partition coefficient (Wildman–Crippen LogP) is 0.498. The molecule has 0 aromatic carbocycles. The van der Waals surface area contributed by atoms with E-state index >= 15 is 0 Å². The summed E-state index contributed by atoms with van der Waals surface area (Å²) in [5.41, 5.74) is 0. The second-order valence-corrected chi connectivity index (χ2v) is 6.34. The van der Waals surface area contributed by atoms with Crippen LogP contribution in [0.4, 0.5) is 0 Å². The molecule has 114 valence electrons. The molecule has 1 atom stereocenters. The maximum absolute atomic E-state index is 12.1. The second kappa shape index (κ2) is 6.87. The minimum Gasteiger partial charge on any atom is -0.378 e. The molecule has 2 N–H and O–H groups in total. The van der Waals surface area contributed by atoms with Crippen LogP contribution in [0.15, 0.2) is 0 Å². The van der Waals surface area contributed by atoms with Crippen LogP contribution in [0.2, 0.25) is 0 Å². The molecule has 2 saturated heterocycles. The molecule has 0 radical (unpaired) electrons. The Morgan fingerprint density at radius 3 is 2.55 bits per heavy atom. The van der Waals surface area contributed by atoms with Crippen molar-refractivity contribution in [3.8, 4) is 0 Å². The van der Waals surface area contributed by atoms with Crippen molar-refractivity contribution in [3.63, 3.8) is 0 Å². The van der Waals surface area contributed by atoms with Crippen LogP contribution in [0.1, 0.15) is 38.5 Å². The first-order chi connectivity index (χ1) is 9.83. The number of morpholine rings is 1. The van der Waals surface area contributed by atoms with Gasteiger partial charge >= 0.3 is 0 Å². The number of likely N-dealkylation sites (tertiary alicyclic amines) is 1. The van der Waals surface area contributed by atoms with Gasteiger partial charge < -0.3 is 20.3 Å². The van der Waals surface area contributed by atoms with E-state index in [1.54, 1.807) is 0 Å². The number of ether oxygens (including phenoxy) is 1. The van der Waals surface area contributed by atoms with Crippen LogP contribution >= 0.6 is 0 Å². The molecule has 1 aliphatic carbocycles. The molecule has 1 saturated carbocycles. The van der Waals surface area contributed by atoms with Gasteiger partial charge in [-0.05, 0) is 25.7 Å². The molecule has 0 aromatic heterocycles. The molecule has 0 aromatic rings. The van der Waals surface area contributed by atoms with E-state index in [1.165, 1.54) is 25.7 Å².